The van der Waals surface area contributed by atoms with Gasteiger partial charge in [0, 0.05) is 11.5 Å². The monoisotopic (exact) mass is 374 g/mol. The van der Waals surface area contributed by atoms with Gasteiger partial charge in [-0.1, -0.05) is 12.1 Å². The van der Waals surface area contributed by atoms with E-state index in [1.165, 1.54) is 14.2 Å². The van der Waals surface area contributed by atoms with Gasteiger partial charge in [0.2, 0.25) is 0 Å². The molecule has 0 bridgehead atoms. The van der Waals surface area contributed by atoms with Crippen LogP contribution < -0.4 is 9.47 Å². The number of methoxy groups -OCH3 is 2. The van der Waals surface area contributed by atoms with Crippen LogP contribution in [0.4, 0.5) is 0 Å². The summed E-state index contributed by atoms with van der Waals surface area (Å²) in [5, 5.41) is 19.2. The SMILES string of the molecule is CCOC(=O)[C@@H](C#N)C(c1cccc(OC)c1OC)[C@@H](C#N)C(=O)OCC. The Bertz CT molecular complexity index is 714. The van der Waals surface area contributed by atoms with Gasteiger partial charge in [-0.25, -0.2) is 0 Å². The smallest absolute Gasteiger partial charge is 0.324 e. The van der Waals surface area contributed by atoms with Crippen molar-refractivity contribution in [1.82, 2.24) is 0 Å². The molecule has 0 saturated heterocycles. The second-order valence-electron chi connectivity index (χ2n) is 5.33. The first-order chi connectivity index (χ1) is 13.0. The zero-order valence-corrected chi connectivity index (χ0v) is 15.7. The molecule has 0 aliphatic rings. The fourth-order valence-electron chi connectivity index (χ4n) is 2.75. The van der Waals surface area contributed by atoms with E-state index in [2.05, 4.69) is 0 Å². The molecule has 8 nitrogen and oxygen atoms in total. The highest BCUT2D eigenvalue weighted by Gasteiger charge is 2.43. The Morgan fingerprint density at radius 3 is 1.85 bits per heavy atom. The summed E-state index contributed by atoms with van der Waals surface area (Å²) in [5.74, 6) is -5.11. The molecule has 0 N–H and O–H groups in total. The molecule has 3 atom stereocenters. The molecule has 0 fully saturated rings. The molecule has 1 aromatic rings. The molecule has 0 amide bonds. The largest absolute Gasteiger partial charge is 0.493 e. The molecule has 0 aliphatic heterocycles. The van der Waals surface area contributed by atoms with E-state index in [-0.39, 0.29) is 19.0 Å². The van der Waals surface area contributed by atoms with Gasteiger partial charge in [-0.15, -0.1) is 0 Å². The Hall–Kier alpha value is -3.26. The van der Waals surface area contributed by atoms with Crippen LogP contribution in [0.5, 0.6) is 11.5 Å². The van der Waals surface area contributed by atoms with Gasteiger partial charge in [0.1, 0.15) is 0 Å². The highest BCUT2D eigenvalue weighted by atomic mass is 16.5. The first-order valence-electron chi connectivity index (χ1n) is 8.33. The van der Waals surface area contributed by atoms with E-state index < -0.39 is 29.7 Å². The minimum Gasteiger partial charge on any atom is -0.493 e. The van der Waals surface area contributed by atoms with Crippen LogP contribution in [-0.4, -0.2) is 39.4 Å². The summed E-state index contributed by atoms with van der Waals surface area (Å²) in [5.41, 5.74) is 0.302. The summed E-state index contributed by atoms with van der Waals surface area (Å²) >= 11 is 0. The lowest BCUT2D eigenvalue weighted by atomic mass is 9.77. The van der Waals surface area contributed by atoms with Crippen LogP contribution in [0.2, 0.25) is 0 Å². The van der Waals surface area contributed by atoms with Crippen molar-refractivity contribution < 1.29 is 28.5 Å². The fourth-order valence-corrected chi connectivity index (χ4v) is 2.75. The number of nitriles is 2. The Morgan fingerprint density at radius 2 is 1.48 bits per heavy atom. The van der Waals surface area contributed by atoms with E-state index in [1.54, 1.807) is 32.0 Å². The van der Waals surface area contributed by atoms with Crippen molar-refractivity contribution in [3.8, 4) is 23.6 Å². The third-order valence-electron chi connectivity index (χ3n) is 3.87. The minimum atomic E-state index is -1.42. The number of esters is 2. The molecule has 0 heterocycles. The number of nitrogens with zero attached hydrogens (tertiary/aromatic N) is 2. The van der Waals surface area contributed by atoms with Crippen molar-refractivity contribution in [2.75, 3.05) is 27.4 Å². The normalized spacial score (nSPS) is 13.3. The number of hydrogen-bond donors (Lipinski definition) is 0. The topological polar surface area (TPSA) is 119 Å². The van der Waals surface area contributed by atoms with E-state index in [9.17, 15) is 20.1 Å². The van der Waals surface area contributed by atoms with Crippen LogP contribution in [-0.2, 0) is 19.1 Å². The number of para-hydroxylation sites is 1. The van der Waals surface area contributed by atoms with Crippen LogP contribution in [0, 0.1) is 34.5 Å². The average molecular weight is 374 g/mol. The number of benzene rings is 1. The Morgan fingerprint density at radius 1 is 0.963 bits per heavy atom. The molecule has 144 valence electrons. The first-order valence-corrected chi connectivity index (χ1v) is 8.33. The van der Waals surface area contributed by atoms with Crippen molar-refractivity contribution in [2.24, 2.45) is 11.8 Å². The lowest BCUT2D eigenvalue weighted by Crippen LogP contribution is -2.33. The number of carbonyl (C=O) groups is 2. The summed E-state index contributed by atoms with van der Waals surface area (Å²) in [6.07, 6.45) is 0. The predicted molar refractivity (Wildman–Crippen MR) is 93.8 cm³/mol. The van der Waals surface area contributed by atoms with Gasteiger partial charge in [-0.3, -0.25) is 9.59 Å². The highest BCUT2D eigenvalue weighted by Crippen LogP contribution is 2.42. The van der Waals surface area contributed by atoms with Crippen LogP contribution in [0.25, 0.3) is 0 Å². The van der Waals surface area contributed by atoms with Gasteiger partial charge in [0.25, 0.3) is 0 Å². The van der Waals surface area contributed by atoms with E-state index in [0.29, 0.717) is 11.3 Å². The van der Waals surface area contributed by atoms with Crippen molar-refractivity contribution in [1.29, 1.82) is 10.5 Å². The van der Waals surface area contributed by atoms with Crippen LogP contribution in [0.3, 0.4) is 0 Å². The summed E-state index contributed by atoms with van der Waals surface area (Å²) < 4.78 is 20.5. The molecule has 1 unspecified atom stereocenters. The molecule has 8 heteroatoms. The van der Waals surface area contributed by atoms with Crippen molar-refractivity contribution in [3.05, 3.63) is 23.8 Å². The maximum atomic E-state index is 12.4. The van der Waals surface area contributed by atoms with Gasteiger partial charge in [0.15, 0.2) is 23.3 Å². The highest BCUT2D eigenvalue weighted by molar-refractivity contribution is 5.82. The predicted octanol–water partition coefficient (Wildman–Crippen LogP) is 2.19. The molecule has 0 aliphatic carbocycles. The third-order valence-corrected chi connectivity index (χ3v) is 3.87. The van der Waals surface area contributed by atoms with Crippen molar-refractivity contribution in [3.63, 3.8) is 0 Å². The lowest BCUT2D eigenvalue weighted by Gasteiger charge is -2.26. The molecule has 0 spiro atoms. The van der Waals surface area contributed by atoms with Crippen molar-refractivity contribution in [2.45, 2.75) is 19.8 Å². The lowest BCUT2D eigenvalue weighted by molar-refractivity contribution is -0.150. The number of hydrogen-bond acceptors (Lipinski definition) is 8. The Kier molecular flexibility index (Phi) is 8.61. The zero-order valence-electron chi connectivity index (χ0n) is 15.7. The number of carbonyl (C=O) groups excluding carboxylic acids is 2. The maximum Gasteiger partial charge on any atom is 0.324 e. The second kappa shape index (κ2) is 10.7. The molecular weight excluding hydrogens is 352 g/mol. The number of rotatable bonds is 9. The minimum absolute atomic E-state index is 0.0512. The Labute approximate surface area is 158 Å². The quantitative estimate of drug-likeness (QED) is 0.604. The van der Waals surface area contributed by atoms with Gasteiger partial charge in [0.05, 0.1) is 39.6 Å². The van der Waals surface area contributed by atoms with Crippen LogP contribution >= 0.6 is 0 Å². The molecule has 0 aromatic heterocycles. The van der Waals surface area contributed by atoms with Crippen LogP contribution in [0.1, 0.15) is 25.3 Å². The summed E-state index contributed by atoms with van der Waals surface area (Å²) in [4.78, 5) is 24.7. The zero-order chi connectivity index (χ0) is 20.4. The van der Waals surface area contributed by atoms with Gasteiger partial charge in [-0.05, 0) is 19.9 Å². The standard InChI is InChI=1S/C19H22N2O6/c1-5-26-18(22)13(10-20)16(14(11-21)19(23)27-6-2)12-8-7-9-15(24-3)17(12)25-4/h7-9,13-14,16H,5-6H2,1-4H3/t13-,14+,16?. The van der Waals surface area contributed by atoms with E-state index in [1.807, 2.05) is 12.1 Å². The molecule has 1 aromatic carbocycles. The van der Waals surface area contributed by atoms with E-state index in [4.69, 9.17) is 18.9 Å². The second-order valence-corrected chi connectivity index (χ2v) is 5.33. The molecule has 0 saturated carbocycles. The fraction of sp³-hybridized carbons (Fsp3) is 0.474. The van der Waals surface area contributed by atoms with Gasteiger partial charge >= 0.3 is 11.9 Å². The molecule has 27 heavy (non-hydrogen) atoms. The van der Waals surface area contributed by atoms with Crippen molar-refractivity contribution >= 4 is 11.9 Å². The molecule has 1 rings (SSSR count). The first kappa shape index (κ1) is 21.8. The van der Waals surface area contributed by atoms with Gasteiger partial charge < -0.3 is 18.9 Å². The van der Waals surface area contributed by atoms with E-state index in [0.717, 1.165) is 0 Å². The Balaban J connectivity index is 3.65. The summed E-state index contributed by atoms with van der Waals surface area (Å²) in [6.45, 7) is 3.30. The summed E-state index contributed by atoms with van der Waals surface area (Å²) in [7, 11) is 2.81. The van der Waals surface area contributed by atoms with Gasteiger partial charge in [-0.2, -0.15) is 10.5 Å². The summed E-state index contributed by atoms with van der Waals surface area (Å²) in [6, 6.07) is 8.52. The number of ether oxygens (including phenoxy) is 4. The van der Waals surface area contributed by atoms with E-state index >= 15 is 0 Å². The average Bonchev–Trinajstić information content (AvgIpc) is 2.67. The third kappa shape index (κ3) is 4.89. The maximum absolute atomic E-state index is 12.4. The van der Waals surface area contributed by atoms with Crippen LogP contribution in [0.15, 0.2) is 18.2 Å². The molecular formula is C19H22N2O6. The molecule has 0 radical (unpaired) electrons.